The lowest BCUT2D eigenvalue weighted by Crippen LogP contribution is -1.96. The van der Waals surface area contributed by atoms with Gasteiger partial charge in [0.05, 0.1) is 0 Å². The van der Waals surface area contributed by atoms with E-state index < -0.39 is 0 Å². The Hall–Kier alpha value is -3.53. The summed E-state index contributed by atoms with van der Waals surface area (Å²) in [6.07, 6.45) is 0.704. The lowest BCUT2D eigenvalue weighted by Gasteiger charge is -2.06. The molecular formula is C21H14N2O2. The highest BCUT2D eigenvalue weighted by Crippen LogP contribution is 2.32. The van der Waals surface area contributed by atoms with Crippen molar-refractivity contribution in [3.05, 3.63) is 78.5 Å². The molecule has 0 unspecified atom stereocenters. The van der Waals surface area contributed by atoms with Crippen molar-refractivity contribution in [1.29, 1.82) is 0 Å². The zero-order chi connectivity index (χ0) is 17.2. The number of carbonyl (C=O) groups excluding carboxylic acids is 1. The number of phenols is 1. The molecule has 4 nitrogen and oxygen atoms in total. The third kappa shape index (κ3) is 2.97. The van der Waals surface area contributed by atoms with E-state index in [0.717, 1.165) is 16.3 Å². The Balaban J connectivity index is 0.000000217. The minimum absolute atomic E-state index is 0.200. The Kier molecular flexibility index (Phi) is 3.71. The molecule has 2 aromatic carbocycles. The van der Waals surface area contributed by atoms with E-state index in [2.05, 4.69) is 34.5 Å². The number of aromatic nitrogens is 2. The maximum absolute atomic E-state index is 11.0. The number of benzene rings is 3. The van der Waals surface area contributed by atoms with Gasteiger partial charge in [0.25, 0.3) is 0 Å². The second-order valence-electron chi connectivity index (χ2n) is 5.72. The van der Waals surface area contributed by atoms with Gasteiger partial charge in [-0.1, -0.05) is 42.5 Å². The van der Waals surface area contributed by atoms with Gasteiger partial charge in [-0.2, -0.15) is 0 Å². The van der Waals surface area contributed by atoms with Crippen molar-refractivity contribution in [2.45, 2.75) is 0 Å². The van der Waals surface area contributed by atoms with Gasteiger partial charge in [0.1, 0.15) is 17.1 Å². The van der Waals surface area contributed by atoms with Gasteiger partial charge in [-0.15, -0.1) is 10.2 Å². The Labute approximate surface area is 144 Å². The summed E-state index contributed by atoms with van der Waals surface area (Å²) in [6, 6.07) is 22.7. The van der Waals surface area contributed by atoms with E-state index in [0.29, 0.717) is 17.7 Å². The second kappa shape index (κ2) is 6.17. The molecule has 0 atom stereocenters. The van der Waals surface area contributed by atoms with E-state index in [4.69, 9.17) is 0 Å². The number of phenolic OH excluding ortho intramolecular Hbond substituents is 1. The summed E-state index contributed by atoms with van der Waals surface area (Å²) in [5.41, 5.74) is 4.73. The molecule has 0 fully saturated rings. The zero-order valence-electron chi connectivity index (χ0n) is 13.3. The van der Waals surface area contributed by atoms with Gasteiger partial charge in [0.2, 0.25) is 0 Å². The average Bonchev–Trinajstić information content (AvgIpc) is 3.27. The van der Waals surface area contributed by atoms with Crippen LogP contribution in [0, 0.1) is 0 Å². The van der Waals surface area contributed by atoms with Crippen molar-refractivity contribution >= 4 is 17.1 Å². The van der Waals surface area contributed by atoms with Crippen LogP contribution in [0.2, 0.25) is 0 Å². The van der Waals surface area contributed by atoms with Crippen molar-refractivity contribution < 1.29 is 9.90 Å². The Bertz CT molecular complexity index is 1060. The summed E-state index contributed by atoms with van der Waals surface area (Å²) in [6.45, 7) is 0. The fourth-order valence-corrected chi connectivity index (χ4v) is 2.72. The minimum Gasteiger partial charge on any atom is -0.508 e. The van der Waals surface area contributed by atoms with Crippen molar-refractivity contribution in [3.63, 3.8) is 0 Å². The molecule has 1 N–H and O–H groups in total. The van der Waals surface area contributed by atoms with Crippen molar-refractivity contribution in [3.8, 4) is 28.1 Å². The third-order valence-electron chi connectivity index (χ3n) is 4.08. The highest BCUT2D eigenvalue weighted by Gasteiger charge is 2.10. The van der Waals surface area contributed by atoms with Crippen molar-refractivity contribution in [2.24, 2.45) is 0 Å². The van der Waals surface area contributed by atoms with Crippen LogP contribution in [-0.4, -0.2) is 21.6 Å². The third-order valence-corrected chi connectivity index (χ3v) is 4.08. The molecule has 0 saturated carbocycles. The van der Waals surface area contributed by atoms with Crippen LogP contribution < -0.4 is 0 Å². The summed E-state index contributed by atoms with van der Waals surface area (Å²) in [5, 5.41) is 19.0. The van der Waals surface area contributed by atoms with E-state index in [-0.39, 0.29) is 5.75 Å². The molecular weight excluding hydrogens is 312 g/mol. The van der Waals surface area contributed by atoms with E-state index in [9.17, 15) is 9.90 Å². The van der Waals surface area contributed by atoms with Gasteiger partial charge in [0, 0.05) is 16.3 Å². The van der Waals surface area contributed by atoms with Crippen LogP contribution in [0.1, 0.15) is 10.5 Å². The number of aromatic hydroxyl groups is 1. The second-order valence-corrected chi connectivity index (χ2v) is 5.72. The molecule has 0 radical (unpaired) electrons. The van der Waals surface area contributed by atoms with Gasteiger partial charge >= 0.3 is 0 Å². The quantitative estimate of drug-likeness (QED) is 0.486. The van der Waals surface area contributed by atoms with Crippen LogP contribution in [0.25, 0.3) is 33.2 Å². The fourth-order valence-electron chi connectivity index (χ4n) is 2.72. The first kappa shape index (κ1) is 15.0. The van der Waals surface area contributed by atoms with Crippen LogP contribution in [0.15, 0.2) is 72.8 Å². The maximum Gasteiger partial charge on any atom is 0.170 e. The highest BCUT2D eigenvalue weighted by atomic mass is 16.3. The van der Waals surface area contributed by atoms with E-state index in [1.54, 1.807) is 24.3 Å². The molecule has 2 aliphatic carbocycles. The van der Waals surface area contributed by atoms with Gasteiger partial charge in [0.15, 0.2) is 6.29 Å². The molecule has 1 aromatic heterocycles. The predicted octanol–water partition coefficient (Wildman–Crippen LogP) is 4.48. The molecule has 0 spiro atoms. The highest BCUT2D eigenvalue weighted by molar-refractivity contribution is 6.01. The summed E-state index contributed by atoms with van der Waals surface area (Å²) in [5.74, 6) is 0.200. The maximum atomic E-state index is 11.0. The number of nitrogens with zero attached hydrogens (tertiary/aromatic N) is 2. The lowest BCUT2D eigenvalue weighted by molar-refractivity contribution is 0.112. The SMILES string of the molecule is O=Cc1nnc(-c2ccc(O)cc2)c2ccccc12.c1cc2cc-2c1. The van der Waals surface area contributed by atoms with Gasteiger partial charge in [-0.3, -0.25) is 4.79 Å². The monoisotopic (exact) mass is 326 g/mol. The molecule has 0 saturated heterocycles. The normalized spacial score (nSPS) is 10.7. The standard InChI is InChI=1S/C15H10N2O2.C6H4/c18-9-14-12-3-1-2-4-13(12)15(17-16-14)10-5-7-11(19)8-6-10;1-2-5-4-6(5)3-1/h1-9,19H;1-4H. The fraction of sp³-hybridized carbons (Fsp3) is 0. The smallest absolute Gasteiger partial charge is 0.170 e. The Morgan fingerprint density at radius 1 is 0.720 bits per heavy atom. The van der Waals surface area contributed by atoms with E-state index in [1.807, 2.05) is 24.3 Å². The van der Waals surface area contributed by atoms with Gasteiger partial charge < -0.3 is 5.11 Å². The Morgan fingerprint density at radius 3 is 1.96 bits per heavy atom. The summed E-state index contributed by atoms with van der Waals surface area (Å²) < 4.78 is 0. The molecule has 0 amide bonds. The molecule has 120 valence electrons. The molecule has 5 rings (SSSR count). The summed E-state index contributed by atoms with van der Waals surface area (Å²) in [4.78, 5) is 11.0. The van der Waals surface area contributed by atoms with Crippen LogP contribution in [0.3, 0.4) is 0 Å². The van der Waals surface area contributed by atoms with Crippen LogP contribution >= 0.6 is 0 Å². The molecule has 2 aliphatic rings. The first-order valence-electron chi connectivity index (χ1n) is 7.87. The first-order chi connectivity index (χ1) is 12.3. The number of hydrogen-bond acceptors (Lipinski definition) is 4. The largest absolute Gasteiger partial charge is 0.508 e. The van der Waals surface area contributed by atoms with Gasteiger partial charge in [-0.25, -0.2) is 0 Å². The van der Waals surface area contributed by atoms with Crippen LogP contribution in [0.4, 0.5) is 0 Å². The van der Waals surface area contributed by atoms with E-state index >= 15 is 0 Å². The minimum atomic E-state index is 0.200. The lowest BCUT2D eigenvalue weighted by atomic mass is 10.0. The van der Waals surface area contributed by atoms with Crippen LogP contribution in [0.5, 0.6) is 5.75 Å². The van der Waals surface area contributed by atoms with E-state index in [1.165, 1.54) is 11.1 Å². The van der Waals surface area contributed by atoms with Crippen molar-refractivity contribution in [1.82, 2.24) is 10.2 Å². The number of aldehydes is 1. The van der Waals surface area contributed by atoms with Crippen LogP contribution in [-0.2, 0) is 0 Å². The predicted molar refractivity (Wildman–Crippen MR) is 97.5 cm³/mol. The van der Waals surface area contributed by atoms with Gasteiger partial charge in [-0.05, 0) is 41.5 Å². The topological polar surface area (TPSA) is 63.1 Å². The molecule has 3 aromatic rings. The number of hydrogen-bond donors (Lipinski definition) is 1. The number of carbonyl (C=O) groups is 1. The molecule has 0 aliphatic heterocycles. The molecule has 1 heterocycles. The molecule has 25 heavy (non-hydrogen) atoms. The Morgan fingerprint density at radius 2 is 1.40 bits per heavy atom. The first-order valence-corrected chi connectivity index (χ1v) is 7.87. The summed E-state index contributed by atoms with van der Waals surface area (Å²) >= 11 is 0. The molecule has 0 bridgehead atoms. The average molecular weight is 326 g/mol. The number of rotatable bonds is 2. The number of fused-ring (bicyclic) bond motifs is 2. The van der Waals surface area contributed by atoms with Crippen molar-refractivity contribution in [2.75, 3.05) is 0 Å². The summed E-state index contributed by atoms with van der Waals surface area (Å²) in [7, 11) is 0. The zero-order valence-corrected chi connectivity index (χ0v) is 13.3. The molecule has 4 heteroatoms.